The average Bonchev–Trinajstić information content (AvgIpc) is 3.45. The third-order valence-electron chi connectivity index (χ3n) is 6.49. The topological polar surface area (TPSA) is 124 Å². The molecule has 0 aliphatic heterocycles. The molecule has 2 atom stereocenters. The Morgan fingerprint density at radius 3 is 2.19 bits per heavy atom. The fraction of sp³-hybridized carbons (Fsp3) is 0.179. The van der Waals surface area contributed by atoms with Crippen LogP contribution in [0.15, 0.2) is 97.1 Å². The molecule has 188 valence electrons. The molecule has 4 N–H and O–H groups in total. The van der Waals surface area contributed by atoms with E-state index < -0.39 is 19.4 Å². The first-order valence-electron chi connectivity index (χ1n) is 12.1. The fourth-order valence-corrected chi connectivity index (χ4v) is 5.36. The van der Waals surface area contributed by atoms with Crippen LogP contribution in [0, 0.1) is 0 Å². The Morgan fingerprint density at radius 2 is 1.49 bits per heavy atom. The quantitative estimate of drug-likeness (QED) is 0.193. The van der Waals surface area contributed by atoms with E-state index in [4.69, 9.17) is 0 Å². The molecule has 0 saturated heterocycles. The Balaban J connectivity index is 1.33. The Labute approximate surface area is 214 Å². The molecule has 5 aromatic rings. The van der Waals surface area contributed by atoms with Crippen LogP contribution in [0.2, 0.25) is 0 Å². The third-order valence-corrected chi connectivity index (χ3v) is 7.71. The van der Waals surface area contributed by atoms with Crippen molar-refractivity contribution in [2.75, 3.05) is 0 Å². The lowest BCUT2D eigenvalue weighted by molar-refractivity contribution is 0.328. The summed E-state index contributed by atoms with van der Waals surface area (Å²) in [6.07, 6.45) is 1.21. The van der Waals surface area contributed by atoms with Crippen molar-refractivity contribution in [3.8, 4) is 11.1 Å². The lowest BCUT2D eigenvalue weighted by Crippen LogP contribution is -2.35. The maximum atomic E-state index is 12.5. The summed E-state index contributed by atoms with van der Waals surface area (Å²) < 4.78 is 12.5. The summed E-state index contributed by atoms with van der Waals surface area (Å²) in [5, 5.41) is 19.7. The van der Waals surface area contributed by atoms with E-state index in [1.165, 1.54) is 0 Å². The van der Waals surface area contributed by atoms with Crippen molar-refractivity contribution in [3.05, 3.63) is 114 Å². The molecule has 0 spiro atoms. The second-order valence-electron chi connectivity index (χ2n) is 9.08. The maximum Gasteiger partial charge on any atom is 0.342 e. The highest BCUT2D eigenvalue weighted by atomic mass is 31.2. The van der Waals surface area contributed by atoms with Gasteiger partial charge in [0, 0.05) is 0 Å². The first-order chi connectivity index (χ1) is 18.0. The molecular weight excluding hydrogens is 485 g/mol. The van der Waals surface area contributed by atoms with Gasteiger partial charge in [0.05, 0.1) is 6.04 Å². The van der Waals surface area contributed by atoms with Gasteiger partial charge in [0.1, 0.15) is 5.78 Å². The van der Waals surface area contributed by atoms with Crippen LogP contribution < -0.4 is 5.32 Å². The van der Waals surface area contributed by atoms with Crippen molar-refractivity contribution in [1.29, 1.82) is 0 Å². The number of nitrogens with one attached hydrogen (secondary N) is 2. The van der Waals surface area contributed by atoms with E-state index in [2.05, 4.69) is 44.1 Å². The minimum Gasteiger partial charge on any atom is -0.323 e. The molecule has 0 aliphatic carbocycles. The van der Waals surface area contributed by atoms with Gasteiger partial charge in [0.15, 0.2) is 5.82 Å². The highest BCUT2D eigenvalue weighted by molar-refractivity contribution is 7.52. The number of aryl methyl sites for hydroxylation is 1. The molecule has 1 unspecified atom stereocenters. The maximum absolute atomic E-state index is 12.5. The van der Waals surface area contributed by atoms with Gasteiger partial charge in [-0.15, -0.1) is 10.2 Å². The Kier molecular flexibility index (Phi) is 7.53. The van der Waals surface area contributed by atoms with E-state index in [1.54, 1.807) is 0 Å². The van der Waals surface area contributed by atoms with Crippen LogP contribution >= 0.6 is 7.60 Å². The van der Waals surface area contributed by atoms with Gasteiger partial charge in [-0.3, -0.25) is 9.88 Å². The first kappa shape index (κ1) is 25.0. The zero-order valence-electron chi connectivity index (χ0n) is 20.1. The zero-order valence-corrected chi connectivity index (χ0v) is 21.0. The molecule has 5 rings (SSSR count). The van der Waals surface area contributed by atoms with Crippen LogP contribution in [0.25, 0.3) is 21.9 Å². The van der Waals surface area contributed by atoms with Gasteiger partial charge in [-0.25, -0.2) is 0 Å². The molecule has 9 heteroatoms. The normalized spacial score (nSPS) is 13.5. The number of hydrogen-bond acceptors (Lipinski definition) is 5. The number of aromatic amines is 1. The Morgan fingerprint density at radius 1 is 0.811 bits per heavy atom. The molecule has 4 aromatic carbocycles. The summed E-state index contributed by atoms with van der Waals surface area (Å²) in [5.41, 5.74) is 4.22. The molecule has 0 amide bonds. The van der Waals surface area contributed by atoms with E-state index in [9.17, 15) is 14.4 Å². The van der Waals surface area contributed by atoms with Crippen LogP contribution in [0.3, 0.4) is 0 Å². The SMILES string of the molecule is O=P(O)(O)C(CCc1ccc2ccccc2c1)N[C@@H](Cc1ccc(-c2ccccc2)cc1)c1nn[nH]n1. The molecule has 37 heavy (non-hydrogen) atoms. The predicted molar refractivity (Wildman–Crippen MR) is 144 cm³/mol. The lowest BCUT2D eigenvalue weighted by atomic mass is 10.00. The van der Waals surface area contributed by atoms with Crippen molar-refractivity contribution in [1.82, 2.24) is 25.9 Å². The predicted octanol–water partition coefficient (Wildman–Crippen LogP) is 5.03. The molecule has 1 aromatic heterocycles. The summed E-state index contributed by atoms with van der Waals surface area (Å²) in [6, 6.07) is 31.8. The molecule has 0 saturated carbocycles. The van der Waals surface area contributed by atoms with E-state index in [-0.39, 0.29) is 6.42 Å². The third kappa shape index (κ3) is 6.37. The fourth-order valence-electron chi connectivity index (χ4n) is 4.52. The van der Waals surface area contributed by atoms with E-state index in [0.717, 1.165) is 33.0 Å². The van der Waals surface area contributed by atoms with Crippen molar-refractivity contribution in [2.45, 2.75) is 31.1 Å². The van der Waals surface area contributed by atoms with Gasteiger partial charge in [-0.1, -0.05) is 102 Å². The van der Waals surface area contributed by atoms with Crippen molar-refractivity contribution < 1.29 is 14.4 Å². The molecule has 0 radical (unpaired) electrons. The molecule has 0 bridgehead atoms. The molecule has 8 nitrogen and oxygen atoms in total. The minimum atomic E-state index is -4.47. The van der Waals surface area contributed by atoms with E-state index in [1.807, 2.05) is 78.9 Å². The lowest BCUT2D eigenvalue weighted by Gasteiger charge is -2.25. The molecule has 1 heterocycles. The van der Waals surface area contributed by atoms with Crippen LogP contribution in [0.4, 0.5) is 0 Å². The van der Waals surface area contributed by atoms with Crippen molar-refractivity contribution in [2.24, 2.45) is 0 Å². The van der Waals surface area contributed by atoms with Crippen LogP contribution in [0.5, 0.6) is 0 Å². The summed E-state index contributed by atoms with van der Waals surface area (Å²) >= 11 is 0. The molecule has 0 fully saturated rings. The summed E-state index contributed by atoms with van der Waals surface area (Å²) in [6.45, 7) is 0. The molecular formula is C28H28N5O3P. The average molecular weight is 514 g/mol. The van der Waals surface area contributed by atoms with Gasteiger partial charge < -0.3 is 9.79 Å². The van der Waals surface area contributed by atoms with Gasteiger partial charge >= 0.3 is 7.60 Å². The van der Waals surface area contributed by atoms with Gasteiger partial charge in [-0.05, 0) is 52.3 Å². The number of benzene rings is 4. The van der Waals surface area contributed by atoms with Crippen molar-refractivity contribution >= 4 is 18.4 Å². The second kappa shape index (κ2) is 11.2. The highest BCUT2D eigenvalue weighted by Crippen LogP contribution is 2.43. The van der Waals surface area contributed by atoms with Crippen LogP contribution in [-0.4, -0.2) is 36.2 Å². The number of hydrogen-bond donors (Lipinski definition) is 4. The number of rotatable bonds is 10. The van der Waals surface area contributed by atoms with Gasteiger partial charge in [0.25, 0.3) is 0 Å². The van der Waals surface area contributed by atoms with Gasteiger partial charge in [0.2, 0.25) is 0 Å². The Bertz CT molecular complexity index is 1490. The second-order valence-corrected chi connectivity index (χ2v) is 10.9. The van der Waals surface area contributed by atoms with Crippen molar-refractivity contribution in [3.63, 3.8) is 0 Å². The number of fused-ring (bicyclic) bond motifs is 1. The van der Waals surface area contributed by atoms with E-state index >= 15 is 0 Å². The summed E-state index contributed by atoms with van der Waals surface area (Å²) in [4.78, 5) is 20.4. The number of tetrazole rings is 1. The minimum absolute atomic E-state index is 0.254. The Hall–Kier alpha value is -3.68. The monoisotopic (exact) mass is 513 g/mol. The van der Waals surface area contributed by atoms with Gasteiger partial charge in [-0.2, -0.15) is 5.21 Å². The van der Waals surface area contributed by atoms with Crippen LogP contribution in [-0.2, 0) is 17.4 Å². The van der Waals surface area contributed by atoms with Crippen LogP contribution in [0.1, 0.15) is 29.4 Å². The van der Waals surface area contributed by atoms with E-state index in [0.29, 0.717) is 18.7 Å². The first-order valence-corrected chi connectivity index (χ1v) is 13.8. The number of aromatic nitrogens is 4. The standard InChI is InChI=1S/C28H28N5O3P/c34-37(35,36)27(17-13-20-10-14-23-8-4-5-9-25(23)18-20)29-26(28-30-32-33-31-28)19-21-11-15-24(16-12-21)22-6-2-1-3-7-22/h1-12,14-16,18,26-27,29H,13,17,19H2,(H2,34,35,36)(H,30,31,32,33)/t26-,27?/m0/s1. The summed E-state index contributed by atoms with van der Waals surface area (Å²) in [7, 11) is -4.47. The highest BCUT2D eigenvalue weighted by Gasteiger charge is 2.32. The molecule has 0 aliphatic rings. The number of nitrogens with zero attached hydrogens (tertiary/aromatic N) is 3. The summed E-state index contributed by atoms with van der Waals surface area (Å²) in [5.74, 6) is -0.706. The largest absolute Gasteiger partial charge is 0.342 e. The smallest absolute Gasteiger partial charge is 0.323 e. The zero-order chi connectivity index (χ0) is 25.7. The number of H-pyrrole nitrogens is 1.